The molecule has 0 spiro atoms. The molecule has 0 atom stereocenters. The van der Waals surface area contributed by atoms with Crippen molar-refractivity contribution in [3.05, 3.63) is 82.3 Å². The van der Waals surface area contributed by atoms with Crippen molar-refractivity contribution in [1.29, 1.82) is 0 Å². The van der Waals surface area contributed by atoms with Crippen LogP contribution in [0.1, 0.15) is 77.8 Å². The van der Waals surface area contributed by atoms with Crippen molar-refractivity contribution in [2.24, 2.45) is 5.92 Å². The number of hydrogen-bond acceptors (Lipinski definition) is 6. The van der Waals surface area contributed by atoms with Gasteiger partial charge in [0.15, 0.2) is 0 Å². The standard InChI is InChI=1S/C36H44N4O5/c1-22(2)13-15-40(32-21-27-11-9-14-37-34(27)39-35(32)42)36(43)38-33-30(23(3)4)19-28(20-31(33)24(5)6)26-10-8-12-29(18-26)45-17-16-44-25(7)41/h8-12,14,18-24H,13,15-17H2,1-7H3,(H,38,43)(H,37,39,42). The number of aromatic nitrogens is 2. The molecule has 4 rings (SSSR count). The van der Waals surface area contributed by atoms with Crippen LogP contribution in [0.15, 0.2) is 65.6 Å². The van der Waals surface area contributed by atoms with E-state index in [1.54, 1.807) is 23.2 Å². The summed E-state index contributed by atoms with van der Waals surface area (Å²) in [5.41, 5.74) is 5.12. The molecular weight excluding hydrogens is 568 g/mol. The number of fused-ring (bicyclic) bond motifs is 1. The third kappa shape index (κ3) is 8.50. The summed E-state index contributed by atoms with van der Waals surface area (Å²) in [7, 11) is 0. The molecule has 2 aromatic heterocycles. The molecule has 0 unspecified atom stereocenters. The number of esters is 1. The van der Waals surface area contributed by atoms with Crippen molar-refractivity contribution < 1.29 is 19.1 Å². The van der Waals surface area contributed by atoms with E-state index in [9.17, 15) is 14.4 Å². The number of urea groups is 1. The van der Waals surface area contributed by atoms with Gasteiger partial charge in [-0.05, 0) is 88.9 Å². The highest BCUT2D eigenvalue weighted by atomic mass is 16.6. The van der Waals surface area contributed by atoms with E-state index >= 15 is 0 Å². The summed E-state index contributed by atoms with van der Waals surface area (Å²) >= 11 is 0. The number of carbonyl (C=O) groups is 2. The molecule has 0 aliphatic heterocycles. The lowest BCUT2D eigenvalue weighted by molar-refractivity contribution is -0.141. The largest absolute Gasteiger partial charge is 0.490 e. The van der Waals surface area contributed by atoms with Crippen molar-refractivity contribution in [3.63, 3.8) is 0 Å². The second-order valence-corrected chi connectivity index (χ2v) is 12.2. The fourth-order valence-electron chi connectivity index (χ4n) is 5.14. The maximum absolute atomic E-state index is 14.1. The van der Waals surface area contributed by atoms with Gasteiger partial charge in [-0.1, -0.05) is 53.7 Å². The van der Waals surface area contributed by atoms with E-state index in [2.05, 4.69) is 69.0 Å². The molecular formula is C36H44N4O5. The number of amides is 2. The van der Waals surface area contributed by atoms with Crippen LogP contribution in [0.4, 0.5) is 16.2 Å². The number of nitrogens with one attached hydrogen (secondary N) is 2. The van der Waals surface area contributed by atoms with E-state index in [1.165, 1.54) is 6.92 Å². The zero-order chi connectivity index (χ0) is 32.7. The molecule has 0 bridgehead atoms. The molecule has 45 heavy (non-hydrogen) atoms. The third-order valence-corrected chi connectivity index (χ3v) is 7.56. The van der Waals surface area contributed by atoms with Gasteiger partial charge in [0.1, 0.15) is 30.3 Å². The minimum atomic E-state index is -0.362. The Labute approximate surface area is 265 Å². The zero-order valence-corrected chi connectivity index (χ0v) is 27.3. The minimum Gasteiger partial charge on any atom is -0.490 e. The van der Waals surface area contributed by atoms with Gasteiger partial charge < -0.3 is 19.8 Å². The van der Waals surface area contributed by atoms with Crippen LogP contribution in [-0.2, 0) is 9.53 Å². The highest BCUT2D eigenvalue weighted by Gasteiger charge is 2.24. The van der Waals surface area contributed by atoms with Gasteiger partial charge in [0.25, 0.3) is 5.56 Å². The molecule has 2 heterocycles. The summed E-state index contributed by atoms with van der Waals surface area (Å²) in [4.78, 5) is 47.1. The SMILES string of the molecule is CC(=O)OCCOc1cccc(-c2cc(C(C)C)c(NC(=O)N(CCC(C)C)c3cc4cccnc4[nH]c3=O)c(C(C)C)c2)c1. The predicted molar refractivity (Wildman–Crippen MR) is 180 cm³/mol. The first-order chi connectivity index (χ1) is 21.4. The Balaban J connectivity index is 1.72. The zero-order valence-electron chi connectivity index (χ0n) is 27.3. The molecule has 0 radical (unpaired) electrons. The van der Waals surface area contributed by atoms with Gasteiger partial charge in [0, 0.05) is 30.7 Å². The Morgan fingerprint density at radius 2 is 1.62 bits per heavy atom. The highest BCUT2D eigenvalue weighted by Crippen LogP contribution is 2.38. The molecule has 0 saturated carbocycles. The first-order valence-electron chi connectivity index (χ1n) is 15.6. The van der Waals surface area contributed by atoms with Crippen LogP contribution in [0.5, 0.6) is 5.75 Å². The van der Waals surface area contributed by atoms with E-state index in [4.69, 9.17) is 9.47 Å². The van der Waals surface area contributed by atoms with Crippen molar-refractivity contribution in [1.82, 2.24) is 9.97 Å². The van der Waals surface area contributed by atoms with E-state index in [0.717, 1.165) is 39.7 Å². The van der Waals surface area contributed by atoms with Crippen molar-refractivity contribution in [3.8, 4) is 16.9 Å². The van der Waals surface area contributed by atoms with Crippen LogP contribution in [-0.4, -0.2) is 41.7 Å². The van der Waals surface area contributed by atoms with Crippen LogP contribution in [0.2, 0.25) is 0 Å². The van der Waals surface area contributed by atoms with Crippen LogP contribution in [0.3, 0.4) is 0 Å². The van der Waals surface area contributed by atoms with Crippen LogP contribution >= 0.6 is 0 Å². The first-order valence-corrected chi connectivity index (χ1v) is 15.6. The maximum atomic E-state index is 14.1. The van der Waals surface area contributed by atoms with Gasteiger partial charge in [-0.2, -0.15) is 0 Å². The van der Waals surface area contributed by atoms with E-state index in [1.807, 2.05) is 30.3 Å². The van der Waals surface area contributed by atoms with Crippen molar-refractivity contribution in [2.45, 2.75) is 66.7 Å². The second-order valence-electron chi connectivity index (χ2n) is 12.2. The lowest BCUT2D eigenvalue weighted by Crippen LogP contribution is -2.40. The Bertz CT molecular complexity index is 1680. The Kier molecular flexibility index (Phi) is 11.0. The lowest BCUT2D eigenvalue weighted by atomic mass is 9.88. The maximum Gasteiger partial charge on any atom is 0.326 e. The molecule has 0 aliphatic rings. The Morgan fingerprint density at radius 3 is 2.27 bits per heavy atom. The molecule has 9 nitrogen and oxygen atoms in total. The monoisotopic (exact) mass is 612 g/mol. The molecule has 238 valence electrons. The van der Waals surface area contributed by atoms with Gasteiger partial charge in [0.2, 0.25) is 0 Å². The lowest BCUT2D eigenvalue weighted by Gasteiger charge is -2.27. The fourth-order valence-corrected chi connectivity index (χ4v) is 5.14. The average Bonchev–Trinajstić information content (AvgIpc) is 2.99. The summed E-state index contributed by atoms with van der Waals surface area (Å²) in [5, 5.41) is 3.98. The number of ether oxygens (including phenoxy) is 2. The number of rotatable bonds is 12. The predicted octanol–water partition coefficient (Wildman–Crippen LogP) is 7.86. The third-order valence-electron chi connectivity index (χ3n) is 7.56. The minimum absolute atomic E-state index is 0.0974. The molecule has 2 N–H and O–H groups in total. The first kappa shape index (κ1) is 33.2. The number of benzene rings is 2. The summed E-state index contributed by atoms with van der Waals surface area (Å²) in [6, 6.07) is 17.1. The number of H-pyrrole nitrogens is 1. The Morgan fingerprint density at radius 1 is 0.911 bits per heavy atom. The molecule has 2 aromatic carbocycles. The number of carbonyl (C=O) groups excluding carboxylic acids is 2. The van der Waals surface area contributed by atoms with Crippen LogP contribution in [0, 0.1) is 5.92 Å². The number of pyridine rings is 2. The molecule has 0 aliphatic carbocycles. The number of nitrogens with zero attached hydrogens (tertiary/aromatic N) is 2. The summed E-state index contributed by atoms with van der Waals surface area (Å²) in [5.74, 6) is 0.859. The van der Waals surface area contributed by atoms with Gasteiger partial charge >= 0.3 is 12.0 Å². The van der Waals surface area contributed by atoms with Crippen LogP contribution < -0.4 is 20.5 Å². The van der Waals surface area contributed by atoms with E-state index in [-0.39, 0.29) is 48.3 Å². The van der Waals surface area contributed by atoms with Crippen LogP contribution in [0.25, 0.3) is 22.2 Å². The molecule has 9 heteroatoms. The van der Waals surface area contributed by atoms with E-state index in [0.29, 0.717) is 23.9 Å². The molecule has 4 aromatic rings. The van der Waals surface area contributed by atoms with E-state index < -0.39 is 0 Å². The smallest absolute Gasteiger partial charge is 0.326 e. The fraction of sp³-hybridized carbons (Fsp3) is 0.389. The number of aromatic amines is 1. The summed E-state index contributed by atoms with van der Waals surface area (Å²) in [6.45, 7) is 14.8. The molecule has 0 saturated heterocycles. The quantitative estimate of drug-likeness (QED) is 0.124. The molecule has 2 amide bonds. The Hall–Kier alpha value is -4.66. The average molecular weight is 613 g/mol. The van der Waals surface area contributed by atoms with Gasteiger partial charge in [0.05, 0.1) is 0 Å². The van der Waals surface area contributed by atoms with Gasteiger partial charge in [-0.25, -0.2) is 9.78 Å². The molecule has 0 fully saturated rings. The topological polar surface area (TPSA) is 114 Å². The van der Waals surface area contributed by atoms with Gasteiger partial charge in [-0.15, -0.1) is 0 Å². The summed E-state index contributed by atoms with van der Waals surface area (Å²) < 4.78 is 10.8. The number of anilines is 2. The summed E-state index contributed by atoms with van der Waals surface area (Å²) in [6.07, 6.45) is 2.35. The normalized spacial score (nSPS) is 11.3. The number of hydrogen-bond donors (Lipinski definition) is 2. The second kappa shape index (κ2) is 14.9. The highest BCUT2D eigenvalue weighted by molar-refractivity contribution is 6.03. The van der Waals surface area contributed by atoms with Crippen molar-refractivity contribution >= 4 is 34.4 Å². The van der Waals surface area contributed by atoms with Crippen molar-refractivity contribution in [2.75, 3.05) is 30.0 Å². The van der Waals surface area contributed by atoms with Gasteiger partial charge in [-0.3, -0.25) is 14.5 Å².